The minimum Gasteiger partial charge on any atom is -0.338 e. The van der Waals surface area contributed by atoms with E-state index in [1.807, 2.05) is 24.9 Å². The highest BCUT2D eigenvalue weighted by Gasteiger charge is 2.25. The second-order valence-corrected chi connectivity index (χ2v) is 8.13. The van der Waals surface area contributed by atoms with E-state index in [-0.39, 0.29) is 11.7 Å². The van der Waals surface area contributed by atoms with Crippen molar-refractivity contribution >= 4 is 27.5 Å². The number of carbonyl (C=O) groups excluding carboxylic acids is 1. The number of aromatic nitrogens is 2. The number of carbonyl (C=O) groups is 1. The van der Waals surface area contributed by atoms with Crippen LogP contribution in [0.15, 0.2) is 30.3 Å². The van der Waals surface area contributed by atoms with Crippen LogP contribution in [0.1, 0.15) is 28.2 Å². The smallest absolute Gasteiger partial charge is 0.264 e. The van der Waals surface area contributed by atoms with Crippen LogP contribution in [0.5, 0.6) is 0 Å². The van der Waals surface area contributed by atoms with Gasteiger partial charge in [0.2, 0.25) is 0 Å². The van der Waals surface area contributed by atoms with E-state index in [1.165, 1.54) is 23.5 Å². The van der Waals surface area contributed by atoms with Crippen LogP contribution in [0.3, 0.4) is 0 Å². The van der Waals surface area contributed by atoms with Gasteiger partial charge in [-0.05, 0) is 69.6 Å². The first-order chi connectivity index (χ1) is 13.1. The Balaban J connectivity index is 1.59. The van der Waals surface area contributed by atoms with Crippen molar-refractivity contribution < 1.29 is 9.18 Å². The summed E-state index contributed by atoms with van der Waals surface area (Å²) < 4.78 is 15.0. The lowest BCUT2D eigenvalue weighted by atomic mass is 9.97. The summed E-state index contributed by atoms with van der Waals surface area (Å²) in [6.45, 7) is 4.56. The van der Waals surface area contributed by atoms with Crippen LogP contribution in [0.25, 0.3) is 15.9 Å². The quantitative estimate of drug-likeness (QED) is 0.745. The molecule has 4 rings (SSSR count). The Morgan fingerprint density at radius 3 is 2.67 bits per heavy atom. The van der Waals surface area contributed by atoms with Crippen molar-refractivity contribution in [3.8, 4) is 5.69 Å². The Morgan fingerprint density at radius 1 is 1.30 bits per heavy atom. The third-order valence-corrected chi connectivity index (χ3v) is 6.32. The molecule has 1 amide bonds. The molecule has 3 aromatic rings. The fourth-order valence-electron chi connectivity index (χ4n) is 3.69. The monoisotopic (exact) mass is 386 g/mol. The maximum Gasteiger partial charge on any atom is 0.264 e. The van der Waals surface area contributed by atoms with E-state index in [1.54, 1.807) is 16.8 Å². The van der Waals surface area contributed by atoms with Gasteiger partial charge in [0.1, 0.15) is 10.6 Å². The van der Waals surface area contributed by atoms with Gasteiger partial charge in [-0.3, -0.25) is 4.79 Å². The highest BCUT2D eigenvalue weighted by atomic mass is 32.1. The number of amides is 1. The van der Waals surface area contributed by atoms with Crippen molar-refractivity contribution in [2.45, 2.75) is 19.8 Å². The number of nitrogens with zero attached hydrogens (tertiary/aromatic N) is 3. The first-order valence-corrected chi connectivity index (χ1v) is 10.1. The molecule has 7 heteroatoms. The zero-order valence-electron chi connectivity index (χ0n) is 15.5. The van der Waals surface area contributed by atoms with Crippen LogP contribution < -0.4 is 5.32 Å². The molecular weight excluding hydrogens is 363 g/mol. The molecule has 1 N–H and O–H groups in total. The predicted molar refractivity (Wildman–Crippen MR) is 106 cm³/mol. The van der Waals surface area contributed by atoms with E-state index in [0.717, 1.165) is 59.0 Å². The standard InChI is InChI=1S/C20H23FN4OS/c1-13-17-11-18(19(26)24-9-7-14(8-10-24)12-22-2)27-20(17)25(23-13)16-5-3-15(21)4-6-16/h3-6,11,14,22H,7-10,12H2,1-2H3. The van der Waals surface area contributed by atoms with Crippen molar-refractivity contribution in [2.75, 3.05) is 26.7 Å². The summed E-state index contributed by atoms with van der Waals surface area (Å²) in [7, 11) is 1.97. The molecule has 1 aliphatic heterocycles. The molecule has 27 heavy (non-hydrogen) atoms. The van der Waals surface area contributed by atoms with Gasteiger partial charge in [-0.15, -0.1) is 11.3 Å². The number of nitrogens with one attached hydrogen (secondary N) is 1. The summed E-state index contributed by atoms with van der Waals surface area (Å²) >= 11 is 1.46. The van der Waals surface area contributed by atoms with E-state index in [4.69, 9.17) is 0 Å². The Labute approximate surface area is 161 Å². The normalized spacial score (nSPS) is 15.6. The Morgan fingerprint density at radius 2 is 2.00 bits per heavy atom. The van der Waals surface area contributed by atoms with Crippen LogP contribution in [-0.2, 0) is 0 Å². The van der Waals surface area contributed by atoms with Crippen LogP contribution in [0, 0.1) is 18.7 Å². The lowest BCUT2D eigenvalue weighted by Gasteiger charge is -2.31. The van der Waals surface area contributed by atoms with Gasteiger partial charge in [-0.1, -0.05) is 0 Å². The van der Waals surface area contributed by atoms with E-state index >= 15 is 0 Å². The Kier molecular flexibility index (Phi) is 4.97. The molecule has 0 atom stereocenters. The number of hydrogen-bond donors (Lipinski definition) is 1. The lowest BCUT2D eigenvalue weighted by molar-refractivity contribution is 0.0696. The zero-order valence-corrected chi connectivity index (χ0v) is 16.4. The topological polar surface area (TPSA) is 50.2 Å². The molecule has 0 radical (unpaired) electrons. The third-order valence-electron chi connectivity index (χ3n) is 5.22. The predicted octanol–water partition coefficient (Wildman–Crippen LogP) is 3.61. The van der Waals surface area contributed by atoms with Gasteiger partial charge in [0, 0.05) is 18.5 Å². The first-order valence-electron chi connectivity index (χ1n) is 9.26. The van der Waals surface area contributed by atoms with Crippen LogP contribution in [0.4, 0.5) is 4.39 Å². The molecule has 1 saturated heterocycles. The number of fused-ring (bicyclic) bond motifs is 1. The van der Waals surface area contributed by atoms with Gasteiger partial charge < -0.3 is 10.2 Å². The SMILES string of the molecule is CNCC1CCN(C(=O)c2cc3c(C)nn(-c4ccc(F)cc4)c3s2)CC1. The second kappa shape index (κ2) is 7.40. The van der Waals surface area contributed by atoms with Crippen LogP contribution >= 0.6 is 11.3 Å². The van der Waals surface area contributed by atoms with Crippen molar-refractivity contribution in [1.29, 1.82) is 0 Å². The van der Waals surface area contributed by atoms with E-state index in [0.29, 0.717) is 5.92 Å². The first kappa shape index (κ1) is 18.1. The molecule has 0 bridgehead atoms. The summed E-state index contributed by atoms with van der Waals surface area (Å²) in [5.74, 6) is 0.475. The average Bonchev–Trinajstić information content (AvgIpc) is 3.24. The molecule has 0 saturated carbocycles. The molecule has 0 unspecified atom stereocenters. The average molecular weight is 386 g/mol. The van der Waals surface area contributed by atoms with Gasteiger partial charge in [0.25, 0.3) is 5.91 Å². The fraction of sp³-hybridized carbons (Fsp3) is 0.400. The number of piperidine rings is 1. The van der Waals surface area contributed by atoms with Gasteiger partial charge in [-0.25, -0.2) is 9.07 Å². The maximum atomic E-state index is 13.2. The van der Waals surface area contributed by atoms with E-state index in [9.17, 15) is 9.18 Å². The Bertz CT molecular complexity index is 954. The van der Waals surface area contributed by atoms with Gasteiger partial charge in [0.15, 0.2) is 0 Å². The molecule has 0 spiro atoms. The molecule has 0 aliphatic carbocycles. The summed E-state index contributed by atoms with van der Waals surface area (Å²) in [6, 6.07) is 8.20. The molecule has 3 heterocycles. The number of benzene rings is 1. The van der Waals surface area contributed by atoms with Crippen molar-refractivity contribution in [3.05, 3.63) is 46.7 Å². The van der Waals surface area contributed by atoms with E-state index in [2.05, 4.69) is 10.4 Å². The molecular formula is C20H23FN4OS. The number of halogens is 1. The van der Waals surface area contributed by atoms with E-state index < -0.39 is 0 Å². The van der Waals surface area contributed by atoms with Crippen LogP contribution in [0.2, 0.25) is 0 Å². The molecule has 2 aromatic heterocycles. The summed E-state index contributed by atoms with van der Waals surface area (Å²) in [4.78, 5) is 16.6. The number of rotatable bonds is 4. The van der Waals surface area contributed by atoms with Crippen molar-refractivity contribution in [3.63, 3.8) is 0 Å². The number of likely N-dealkylation sites (tertiary alicyclic amines) is 1. The lowest BCUT2D eigenvalue weighted by Crippen LogP contribution is -2.40. The molecule has 1 aliphatic rings. The Hall–Kier alpha value is -2.25. The van der Waals surface area contributed by atoms with Crippen molar-refractivity contribution in [1.82, 2.24) is 20.0 Å². The number of thiophene rings is 1. The van der Waals surface area contributed by atoms with Gasteiger partial charge >= 0.3 is 0 Å². The third kappa shape index (κ3) is 3.49. The van der Waals surface area contributed by atoms with Gasteiger partial charge in [-0.2, -0.15) is 5.10 Å². The molecule has 1 aromatic carbocycles. The van der Waals surface area contributed by atoms with Crippen LogP contribution in [-0.4, -0.2) is 47.3 Å². The molecule has 5 nitrogen and oxygen atoms in total. The zero-order chi connectivity index (χ0) is 19.0. The highest BCUT2D eigenvalue weighted by Crippen LogP contribution is 2.32. The summed E-state index contributed by atoms with van der Waals surface area (Å²) in [5, 5.41) is 8.77. The highest BCUT2D eigenvalue weighted by molar-refractivity contribution is 7.20. The van der Waals surface area contributed by atoms with Gasteiger partial charge in [0.05, 0.1) is 16.3 Å². The fourth-order valence-corrected chi connectivity index (χ4v) is 4.85. The minimum atomic E-state index is -0.275. The second-order valence-electron chi connectivity index (χ2n) is 7.10. The summed E-state index contributed by atoms with van der Waals surface area (Å²) in [6.07, 6.45) is 2.08. The minimum absolute atomic E-state index is 0.101. The maximum absolute atomic E-state index is 13.2. The van der Waals surface area contributed by atoms with Crippen molar-refractivity contribution in [2.24, 2.45) is 5.92 Å². The number of aryl methyl sites for hydroxylation is 1. The number of hydrogen-bond acceptors (Lipinski definition) is 4. The largest absolute Gasteiger partial charge is 0.338 e. The molecule has 142 valence electrons. The summed E-state index contributed by atoms with van der Waals surface area (Å²) in [5.41, 5.74) is 1.67. The molecule has 1 fully saturated rings.